The van der Waals surface area contributed by atoms with Crippen LogP contribution in [0.15, 0.2) is 28.8 Å². The number of fused-ring (bicyclic) bond motifs is 1. The zero-order chi connectivity index (χ0) is 24.3. The monoisotopic (exact) mass is 472 g/mol. The Morgan fingerprint density at radius 2 is 2.15 bits per heavy atom. The van der Waals surface area contributed by atoms with Crippen LogP contribution in [0.5, 0.6) is 0 Å². The lowest BCUT2D eigenvalue weighted by molar-refractivity contribution is -0.124. The number of nitrogens with one attached hydrogen (secondary N) is 3. The molecule has 0 fully saturated rings. The predicted octanol–water partition coefficient (Wildman–Crippen LogP) is 2.94. The first-order chi connectivity index (χ1) is 15.4. The lowest BCUT2D eigenvalue weighted by Crippen LogP contribution is -2.37. The minimum Gasteiger partial charge on any atom is -0.444 e. The van der Waals surface area contributed by atoms with Crippen molar-refractivity contribution < 1.29 is 14.3 Å². The molecule has 11 heteroatoms. The summed E-state index contributed by atoms with van der Waals surface area (Å²) in [7, 11) is 0. The number of nitrogen functional groups attached to an aromatic ring is 1. The predicted molar refractivity (Wildman–Crippen MR) is 128 cm³/mol. The number of amides is 2. The maximum absolute atomic E-state index is 12.7. The number of H-pyrrole nitrogens is 1. The fourth-order valence-electron chi connectivity index (χ4n) is 3.41. The molecule has 2 aromatic heterocycles. The number of carbonyl (C=O) groups excluding carboxylic acids is 2. The van der Waals surface area contributed by atoms with Crippen molar-refractivity contribution in [3.63, 3.8) is 0 Å². The molecule has 0 aliphatic carbocycles. The molecule has 0 aromatic carbocycles. The second kappa shape index (κ2) is 9.57. The maximum atomic E-state index is 12.7. The van der Waals surface area contributed by atoms with E-state index < -0.39 is 23.3 Å². The first-order valence-electron chi connectivity index (χ1n) is 10.5. The van der Waals surface area contributed by atoms with Gasteiger partial charge in [0.05, 0.1) is 6.20 Å². The number of hydrogen-bond donors (Lipinski definition) is 4. The Kier molecular flexibility index (Phi) is 7.01. The summed E-state index contributed by atoms with van der Waals surface area (Å²) >= 11 is 5.41. The molecule has 0 bridgehead atoms. The van der Waals surface area contributed by atoms with Crippen LogP contribution in [0.2, 0.25) is 0 Å². The summed E-state index contributed by atoms with van der Waals surface area (Å²) in [6.45, 7) is 7.47. The molecule has 2 amide bonds. The zero-order valence-corrected chi connectivity index (χ0v) is 19.8. The van der Waals surface area contributed by atoms with Gasteiger partial charge in [0.1, 0.15) is 29.0 Å². The molecule has 0 radical (unpaired) electrons. The number of nitrogens with zero attached hydrogens (tertiary/aromatic N) is 2. The molecule has 1 atom stereocenters. The van der Waals surface area contributed by atoms with Gasteiger partial charge in [-0.1, -0.05) is 23.9 Å². The molecule has 10 nitrogen and oxygen atoms in total. The van der Waals surface area contributed by atoms with Gasteiger partial charge in [0, 0.05) is 29.2 Å². The van der Waals surface area contributed by atoms with Crippen LogP contribution in [0.1, 0.15) is 51.5 Å². The van der Waals surface area contributed by atoms with Gasteiger partial charge in [0.25, 0.3) is 5.56 Å². The Morgan fingerprint density at radius 3 is 2.82 bits per heavy atom. The van der Waals surface area contributed by atoms with Crippen LogP contribution in [-0.2, 0) is 16.0 Å². The Bertz CT molecular complexity index is 1220. The van der Waals surface area contributed by atoms with Crippen molar-refractivity contribution in [1.29, 1.82) is 0 Å². The number of carbonyl (C=O) groups is 2. The van der Waals surface area contributed by atoms with Gasteiger partial charge in [-0.3, -0.25) is 19.5 Å². The molecule has 33 heavy (non-hydrogen) atoms. The number of anilines is 2. The quantitative estimate of drug-likeness (QED) is 0.490. The van der Waals surface area contributed by atoms with E-state index in [1.54, 1.807) is 33.0 Å². The van der Waals surface area contributed by atoms with E-state index in [9.17, 15) is 14.4 Å². The lowest BCUT2D eigenvalue weighted by Gasteiger charge is -2.19. The average Bonchev–Trinajstić information content (AvgIpc) is 3.14. The van der Waals surface area contributed by atoms with Crippen molar-refractivity contribution >= 4 is 41.8 Å². The second-order valence-electron chi connectivity index (χ2n) is 8.86. The van der Waals surface area contributed by atoms with E-state index in [1.165, 1.54) is 10.8 Å². The van der Waals surface area contributed by atoms with Crippen molar-refractivity contribution in [2.24, 2.45) is 0 Å². The number of aromatic nitrogens is 3. The summed E-state index contributed by atoms with van der Waals surface area (Å²) in [5, 5.41) is 5.46. The topological polar surface area (TPSA) is 144 Å². The summed E-state index contributed by atoms with van der Waals surface area (Å²) in [6.07, 6.45) is 5.30. The van der Waals surface area contributed by atoms with Gasteiger partial charge in [-0.25, -0.2) is 9.78 Å². The van der Waals surface area contributed by atoms with Gasteiger partial charge in [-0.15, -0.1) is 0 Å². The SMILES string of the molecule is C/C(=C\c1c[nH]c(NC(=O)OC(C)(C)C)cc1=S)CNC(=O)[C@@H]1CCc2ncc(N)c(=O)n21. The van der Waals surface area contributed by atoms with E-state index in [2.05, 4.69) is 20.6 Å². The Hall–Kier alpha value is -3.47. The van der Waals surface area contributed by atoms with Gasteiger partial charge in [0.15, 0.2) is 0 Å². The first-order valence-corrected chi connectivity index (χ1v) is 10.9. The molecule has 176 valence electrons. The number of ether oxygens (including phenoxy) is 1. The molecule has 3 heterocycles. The van der Waals surface area contributed by atoms with E-state index in [0.29, 0.717) is 29.0 Å². The average molecular weight is 473 g/mol. The molecule has 2 aromatic rings. The third-order valence-electron chi connectivity index (χ3n) is 4.87. The molecular formula is C22H28N6O4S. The van der Waals surface area contributed by atoms with Crippen LogP contribution >= 0.6 is 12.2 Å². The molecule has 0 saturated carbocycles. The lowest BCUT2D eigenvalue weighted by atomic mass is 10.1. The Balaban J connectivity index is 1.63. The Morgan fingerprint density at radius 1 is 1.42 bits per heavy atom. The summed E-state index contributed by atoms with van der Waals surface area (Å²) in [6, 6.07) is 0.994. The third-order valence-corrected chi connectivity index (χ3v) is 5.23. The first kappa shape index (κ1) is 24.2. The molecule has 3 rings (SSSR count). The summed E-state index contributed by atoms with van der Waals surface area (Å²) in [4.78, 5) is 44.0. The van der Waals surface area contributed by atoms with E-state index in [-0.39, 0.29) is 18.1 Å². The summed E-state index contributed by atoms with van der Waals surface area (Å²) < 4.78 is 7.11. The minimum atomic E-state index is -0.627. The number of nitrogens with two attached hydrogens (primary N) is 1. The summed E-state index contributed by atoms with van der Waals surface area (Å²) in [5.41, 5.74) is 6.26. The van der Waals surface area contributed by atoms with Crippen LogP contribution < -0.4 is 21.9 Å². The third kappa shape index (κ3) is 6.07. The van der Waals surface area contributed by atoms with Crippen molar-refractivity contribution in [1.82, 2.24) is 19.9 Å². The zero-order valence-electron chi connectivity index (χ0n) is 19.0. The van der Waals surface area contributed by atoms with Crippen molar-refractivity contribution in [3.05, 3.63) is 50.3 Å². The van der Waals surface area contributed by atoms with Crippen molar-refractivity contribution in [2.45, 2.75) is 52.2 Å². The van der Waals surface area contributed by atoms with Crippen molar-refractivity contribution in [3.8, 4) is 0 Å². The molecule has 5 N–H and O–H groups in total. The van der Waals surface area contributed by atoms with E-state index in [1.807, 2.05) is 13.0 Å². The maximum Gasteiger partial charge on any atom is 0.413 e. The molecule has 1 aliphatic rings. The van der Waals surface area contributed by atoms with Gasteiger partial charge in [-0.2, -0.15) is 0 Å². The molecule has 0 spiro atoms. The minimum absolute atomic E-state index is 0.0216. The fraction of sp³-hybridized carbons (Fsp3) is 0.409. The highest BCUT2D eigenvalue weighted by Gasteiger charge is 2.30. The number of pyridine rings is 1. The summed E-state index contributed by atoms with van der Waals surface area (Å²) in [5.74, 6) is 0.710. The number of aryl methyl sites for hydroxylation is 1. The number of rotatable bonds is 5. The molecule has 0 unspecified atom stereocenters. The molecule has 0 saturated heterocycles. The van der Waals surface area contributed by atoms with Crippen LogP contribution in [0.3, 0.4) is 0 Å². The van der Waals surface area contributed by atoms with Gasteiger partial charge >= 0.3 is 6.09 Å². The van der Waals surface area contributed by atoms with Crippen LogP contribution in [0, 0.1) is 4.51 Å². The largest absolute Gasteiger partial charge is 0.444 e. The Labute approximate surface area is 196 Å². The second-order valence-corrected chi connectivity index (χ2v) is 9.30. The highest BCUT2D eigenvalue weighted by Crippen LogP contribution is 2.23. The van der Waals surface area contributed by atoms with Gasteiger partial charge in [0.2, 0.25) is 5.91 Å². The molecule has 1 aliphatic heterocycles. The van der Waals surface area contributed by atoms with E-state index in [4.69, 9.17) is 22.7 Å². The van der Waals surface area contributed by atoms with Gasteiger partial charge < -0.3 is 20.8 Å². The van der Waals surface area contributed by atoms with Crippen LogP contribution in [0.25, 0.3) is 6.08 Å². The van der Waals surface area contributed by atoms with E-state index >= 15 is 0 Å². The highest BCUT2D eigenvalue weighted by atomic mass is 32.1. The number of hydrogen-bond acceptors (Lipinski definition) is 7. The van der Waals surface area contributed by atoms with E-state index in [0.717, 1.165) is 11.1 Å². The van der Waals surface area contributed by atoms with Crippen LogP contribution in [-0.4, -0.2) is 38.7 Å². The van der Waals surface area contributed by atoms with Gasteiger partial charge in [-0.05, 0) is 40.2 Å². The highest BCUT2D eigenvalue weighted by molar-refractivity contribution is 7.71. The standard InChI is InChI=1S/C22H28N6O4S/c1-12(7-13-10-24-17(8-16(13)33)27-21(31)32-22(2,3)4)9-26-19(29)15-5-6-18-25-11-14(23)20(30)28(15)18/h7-8,10-11,15H,5-6,9,23H2,1-4H3,(H,26,29)(H2,24,27,31,33)/b12-7+/t15-/m0/s1. The van der Waals surface area contributed by atoms with Crippen molar-refractivity contribution in [2.75, 3.05) is 17.6 Å². The number of aromatic amines is 1. The normalized spacial score (nSPS) is 15.6. The fourth-order valence-corrected chi connectivity index (χ4v) is 3.65. The molecular weight excluding hydrogens is 444 g/mol. The smallest absolute Gasteiger partial charge is 0.413 e. The van der Waals surface area contributed by atoms with Crippen LogP contribution in [0.4, 0.5) is 16.3 Å².